The fourth-order valence-corrected chi connectivity index (χ4v) is 1.65. The van der Waals surface area contributed by atoms with E-state index in [-0.39, 0.29) is 10.7 Å². The topological polar surface area (TPSA) is 38.0 Å². The summed E-state index contributed by atoms with van der Waals surface area (Å²) in [6, 6.07) is 8.30. The van der Waals surface area contributed by atoms with Gasteiger partial charge in [0.05, 0.1) is 11.4 Å². The van der Waals surface area contributed by atoms with Crippen molar-refractivity contribution in [2.75, 3.05) is 11.1 Å². The number of hydrogen-bond donors (Lipinski definition) is 2. The summed E-state index contributed by atoms with van der Waals surface area (Å²) in [6.07, 6.45) is 0. The van der Waals surface area contributed by atoms with E-state index in [1.807, 2.05) is 0 Å². The van der Waals surface area contributed by atoms with Gasteiger partial charge < -0.3 is 11.1 Å². The Balaban J connectivity index is 2.34. The lowest BCUT2D eigenvalue weighted by Gasteiger charge is -2.10. The highest BCUT2D eigenvalue weighted by Crippen LogP contribution is 2.27. The molecule has 2 aromatic rings. The van der Waals surface area contributed by atoms with Gasteiger partial charge in [0, 0.05) is 10.7 Å². The Labute approximate surface area is 102 Å². The van der Waals surface area contributed by atoms with Crippen molar-refractivity contribution in [2.24, 2.45) is 0 Å². The highest BCUT2D eigenvalue weighted by molar-refractivity contribution is 6.30. The number of nitrogens with two attached hydrogens (primary N) is 1. The first kappa shape index (κ1) is 11.7. The first-order chi connectivity index (χ1) is 8.06. The predicted molar refractivity (Wildman–Crippen MR) is 65.5 cm³/mol. The molecule has 17 heavy (non-hydrogen) atoms. The Morgan fingerprint density at radius 3 is 2.59 bits per heavy atom. The smallest absolute Gasteiger partial charge is 0.148 e. The van der Waals surface area contributed by atoms with Crippen LogP contribution in [0, 0.1) is 11.6 Å². The normalized spacial score (nSPS) is 10.3. The molecule has 2 nitrogen and oxygen atoms in total. The van der Waals surface area contributed by atoms with Gasteiger partial charge in [-0.3, -0.25) is 0 Å². The van der Waals surface area contributed by atoms with E-state index >= 15 is 0 Å². The van der Waals surface area contributed by atoms with E-state index in [1.54, 1.807) is 6.07 Å². The van der Waals surface area contributed by atoms with Crippen molar-refractivity contribution in [3.8, 4) is 0 Å². The predicted octanol–water partition coefficient (Wildman–Crippen LogP) is 3.94. The largest absolute Gasteiger partial charge is 0.395 e. The Morgan fingerprint density at radius 2 is 1.88 bits per heavy atom. The number of anilines is 3. The molecule has 2 aromatic carbocycles. The molecule has 0 saturated heterocycles. The molecule has 0 spiro atoms. The number of benzene rings is 2. The van der Waals surface area contributed by atoms with Gasteiger partial charge >= 0.3 is 0 Å². The van der Waals surface area contributed by atoms with Crippen LogP contribution in [0.2, 0.25) is 5.02 Å². The van der Waals surface area contributed by atoms with E-state index in [0.717, 1.165) is 0 Å². The summed E-state index contributed by atoms with van der Waals surface area (Å²) >= 11 is 5.70. The maximum Gasteiger partial charge on any atom is 0.148 e. The van der Waals surface area contributed by atoms with Gasteiger partial charge in [-0.15, -0.1) is 0 Å². The van der Waals surface area contributed by atoms with Crippen LogP contribution in [0.5, 0.6) is 0 Å². The third kappa shape index (κ3) is 2.65. The number of nitrogen functional groups attached to an aromatic ring is 1. The van der Waals surface area contributed by atoms with Crippen LogP contribution in [-0.2, 0) is 0 Å². The summed E-state index contributed by atoms with van der Waals surface area (Å²) < 4.78 is 26.3. The summed E-state index contributed by atoms with van der Waals surface area (Å²) in [6.45, 7) is 0. The molecule has 0 aliphatic rings. The molecule has 0 aromatic heterocycles. The molecule has 0 atom stereocenters. The van der Waals surface area contributed by atoms with E-state index in [9.17, 15) is 8.78 Å². The Kier molecular flexibility index (Phi) is 3.15. The lowest BCUT2D eigenvalue weighted by molar-refractivity contribution is 0.628. The standard InChI is InChI=1S/C12H9ClF2N2/c13-7-4-8(14)6-9(5-7)17-11-3-1-2-10(15)12(11)16/h1-6,17H,16H2. The number of para-hydroxylation sites is 1. The molecule has 0 radical (unpaired) electrons. The van der Waals surface area contributed by atoms with Crippen molar-refractivity contribution < 1.29 is 8.78 Å². The van der Waals surface area contributed by atoms with Gasteiger partial charge in [-0.05, 0) is 30.3 Å². The molecule has 0 aliphatic heterocycles. The van der Waals surface area contributed by atoms with Crippen LogP contribution in [0.4, 0.5) is 25.8 Å². The van der Waals surface area contributed by atoms with Crippen molar-refractivity contribution in [1.82, 2.24) is 0 Å². The average molecular weight is 255 g/mol. The van der Waals surface area contributed by atoms with Crippen molar-refractivity contribution in [3.05, 3.63) is 53.1 Å². The van der Waals surface area contributed by atoms with Crippen LogP contribution in [0.15, 0.2) is 36.4 Å². The summed E-state index contributed by atoms with van der Waals surface area (Å²) in [5.41, 5.74) is 6.30. The fraction of sp³-hybridized carbons (Fsp3) is 0. The average Bonchev–Trinajstić information content (AvgIpc) is 2.23. The quantitative estimate of drug-likeness (QED) is 0.797. The van der Waals surface area contributed by atoms with Crippen LogP contribution >= 0.6 is 11.6 Å². The second-order valence-corrected chi connectivity index (χ2v) is 3.92. The van der Waals surface area contributed by atoms with Crippen LogP contribution in [0.3, 0.4) is 0 Å². The van der Waals surface area contributed by atoms with Crippen molar-refractivity contribution in [1.29, 1.82) is 0 Å². The van der Waals surface area contributed by atoms with Crippen LogP contribution in [0.25, 0.3) is 0 Å². The summed E-state index contributed by atoms with van der Waals surface area (Å²) in [4.78, 5) is 0. The second kappa shape index (κ2) is 4.59. The van der Waals surface area contributed by atoms with Crippen molar-refractivity contribution in [2.45, 2.75) is 0 Å². The third-order valence-electron chi connectivity index (χ3n) is 2.19. The van der Waals surface area contributed by atoms with Crippen LogP contribution in [-0.4, -0.2) is 0 Å². The van der Waals surface area contributed by atoms with Crippen molar-refractivity contribution >= 4 is 28.7 Å². The van der Waals surface area contributed by atoms with E-state index in [2.05, 4.69) is 5.32 Å². The van der Waals surface area contributed by atoms with E-state index in [0.29, 0.717) is 11.4 Å². The molecule has 88 valence electrons. The highest BCUT2D eigenvalue weighted by Gasteiger charge is 2.05. The zero-order valence-corrected chi connectivity index (χ0v) is 9.43. The van der Waals surface area contributed by atoms with Crippen molar-refractivity contribution in [3.63, 3.8) is 0 Å². The molecular formula is C12H9ClF2N2. The van der Waals surface area contributed by atoms with Gasteiger partial charge in [0.15, 0.2) is 0 Å². The number of halogens is 3. The first-order valence-electron chi connectivity index (χ1n) is 4.83. The van der Waals surface area contributed by atoms with Gasteiger partial charge in [-0.25, -0.2) is 8.78 Å². The number of rotatable bonds is 2. The van der Waals surface area contributed by atoms with E-state index in [1.165, 1.54) is 30.3 Å². The molecule has 5 heteroatoms. The molecule has 2 rings (SSSR count). The molecule has 0 fully saturated rings. The van der Waals surface area contributed by atoms with Gasteiger partial charge in [0.25, 0.3) is 0 Å². The maximum atomic E-state index is 13.2. The lowest BCUT2D eigenvalue weighted by Crippen LogP contribution is -1.99. The Hall–Kier alpha value is -1.81. The zero-order chi connectivity index (χ0) is 12.4. The van der Waals surface area contributed by atoms with Crippen LogP contribution < -0.4 is 11.1 Å². The highest BCUT2D eigenvalue weighted by atomic mass is 35.5. The molecule has 0 bridgehead atoms. The molecular weight excluding hydrogens is 246 g/mol. The number of nitrogens with one attached hydrogen (secondary N) is 1. The molecule has 0 amide bonds. The fourth-order valence-electron chi connectivity index (χ4n) is 1.43. The van der Waals surface area contributed by atoms with E-state index in [4.69, 9.17) is 17.3 Å². The molecule has 0 saturated carbocycles. The van der Waals surface area contributed by atoms with Gasteiger partial charge in [-0.2, -0.15) is 0 Å². The van der Waals surface area contributed by atoms with Gasteiger partial charge in [0.1, 0.15) is 11.6 Å². The maximum absolute atomic E-state index is 13.2. The Bertz CT molecular complexity index is 538. The minimum Gasteiger partial charge on any atom is -0.395 e. The van der Waals surface area contributed by atoms with Gasteiger partial charge in [-0.1, -0.05) is 17.7 Å². The van der Waals surface area contributed by atoms with Gasteiger partial charge in [0.2, 0.25) is 0 Å². The zero-order valence-electron chi connectivity index (χ0n) is 8.68. The summed E-state index contributed by atoms with van der Waals surface area (Å²) in [5, 5.41) is 3.06. The Morgan fingerprint density at radius 1 is 1.12 bits per heavy atom. The number of hydrogen-bond acceptors (Lipinski definition) is 2. The van der Waals surface area contributed by atoms with Crippen LogP contribution in [0.1, 0.15) is 0 Å². The third-order valence-corrected chi connectivity index (χ3v) is 2.41. The first-order valence-corrected chi connectivity index (χ1v) is 5.21. The lowest BCUT2D eigenvalue weighted by atomic mass is 10.2. The minimum absolute atomic E-state index is 0.0205. The summed E-state index contributed by atoms with van der Waals surface area (Å²) in [7, 11) is 0. The SMILES string of the molecule is Nc1c(F)cccc1Nc1cc(F)cc(Cl)c1. The monoisotopic (exact) mass is 254 g/mol. The van der Waals surface area contributed by atoms with E-state index < -0.39 is 11.6 Å². The second-order valence-electron chi connectivity index (χ2n) is 3.48. The molecule has 0 heterocycles. The molecule has 3 N–H and O–H groups in total. The minimum atomic E-state index is -0.530. The molecule has 0 unspecified atom stereocenters. The summed E-state index contributed by atoms with van der Waals surface area (Å²) in [5.74, 6) is -1.01. The molecule has 0 aliphatic carbocycles.